The Balaban J connectivity index is 0.00000300. The van der Waals surface area contributed by atoms with Crippen LogP contribution in [0, 0.1) is 5.41 Å². The number of aryl methyl sites for hydroxylation is 1. The van der Waals surface area contributed by atoms with Crippen LogP contribution in [0.1, 0.15) is 17.5 Å². The second-order valence-corrected chi connectivity index (χ2v) is 6.19. The van der Waals surface area contributed by atoms with E-state index >= 15 is 0 Å². The number of ether oxygens (including phenoxy) is 1. The normalized spacial score (nSPS) is 9.97. The SMILES string of the molecule is COC(=O)CCc1ccc(Nc2ccc(-c3ccc(C(=N)N)cc3)nn2)cc1.Cl. The summed E-state index contributed by atoms with van der Waals surface area (Å²) in [7, 11) is 1.39. The molecule has 2 aromatic carbocycles. The van der Waals surface area contributed by atoms with Crippen molar-refractivity contribution in [1.82, 2.24) is 10.2 Å². The third kappa shape index (κ3) is 6.02. The summed E-state index contributed by atoms with van der Waals surface area (Å²) in [6.45, 7) is 0. The number of nitrogens with two attached hydrogens (primary N) is 1. The summed E-state index contributed by atoms with van der Waals surface area (Å²) in [5.41, 5.74) is 9.72. The Morgan fingerprint density at radius 1 is 1.03 bits per heavy atom. The molecule has 7 nitrogen and oxygen atoms in total. The zero-order valence-corrected chi connectivity index (χ0v) is 16.7. The molecular formula is C21H22ClN5O2. The van der Waals surface area contributed by atoms with Crippen LogP contribution in [0.4, 0.5) is 11.5 Å². The zero-order chi connectivity index (χ0) is 19.9. The monoisotopic (exact) mass is 411 g/mol. The lowest BCUT2D eigenvalue weighted by atomic mass is 10.1. The van der Waals surface area contributed by atoms with Crippen LogP contribution in [0.5, 0.6) is 0 Å². The highest BCUT2D eigenvalue weighted by molar-refractivity contribution is 5.95. The largest absolute Gasteiger partial charge is 0.469 e. The van der Waals surface area contributed by atoms with Crippen LogP contribution in [0.15, 0.2) is 60.7 Å². The molecule has 3 aromatic rings. The summed E-state index contributed by atoms with van der Waals surface area (Å²) in [4.78, 5) is 11.2. The fraction of sp³-hybridized carbons (Fsp3) is 0.143. The average Bonchev–Trinajstić information content (AvgIpc) is 2.73. The van der Waals surface area contributed by atoms with E-state index in [9.17, 15) is 4.79 Å². The molecule has 0 aliphatic heterocycles. The van der Waals surface area contributed by atoms with E-state index < -0.39 is 0 Å². The van der Waals surface area contributed by atoms with Gasteiger partial charge in [0, 0.05) is 23.2 Å². The number of halogens is 1. The number of nitrogen functional groups attached to an aromatic ring is 1. The van der Waals surface area contributed by atoms with E-state index in [-0.39, 0.29) is 24.2 Å². The molecule has 0 radical (unpaired) electrons. The number of nitrogens with zero attached hydrogens (tertiary/aromatic N) is 2. The maximum absolute atomic E-state index is 11.2. The lowest BCUT2D eigenvalue weighted by Gasteiger charge is -2.07. The molecule has 0 atom stereocenters. The molecule has 1 aromatic heterocycles. The third-order valence-corrected chi connectivity index (χ3v) is 4.23. The second kappa shape index (κ2) is 10.2. The number of hydrogen-bond donors (Lipinski definition) is 3. The Morgan fingerprint density at radius 3 is 2.28 bits per heavy atom. The molecule has 0 bridgehead atoms. The van der Waals surface area contributed by atoms with Gasteiger partial charge in [-0.15, -0.1) is 22.6 Å². The molecular weight excluding hydrogens is 390 g/mol. The van der Waals surface area contributed by atoms with Gasteiger partial charge in [0.15, 0.2) is 5.82 Å². The van der Waals surface area contributed by atoms with Gasteiger partial charge in [-0.1, -0.05) is 36.4 Å². The highest BCUT2D eigenvalue weighted by atomic mass is 35.5. The molecule has 0 aliphatic rings. The predicted octanol–water partition coefficient (Wildman–Crippen LogP) is 3.70. The summed E-state index contributed by atoms with van der Waals surface area (Å²) in [6, 6.07) is 18.8. The fourth-order valence-electron chi connectivity index (χ4n) is 2.62. The molecule has 0 fully saturated rings. The molecule has 0 unspecified atom stereocenters. The number of esters is 1. The number of benzene rings is 2. The van der Waals surface area contributed by atoms with Crippen LogP contribution >= 0.6 is 12.4 Å². The van der Waals surface area contributed by atoms with Crippen LogP contribution in [-0.2, 0) is 16.0 Å². The van der Waals surface area contributed by atoms with Crippen molar-refractivity contribution in [3.05, 3.63) is 71.8 Å². The van der Waals surface area contributed by atoms with E-state index in [1.165, 1.54) is 7.11 Å². The van der Waals surface area contributed by atoms with Gasteiger partial charge in [0.05, 0.1) is 12.8 Å². The molecule has 0 saturated heterocycles. The van der Waals surface area contributed by atoms with E-state index in [1.807, 2.05) is 48.5 Å². The Kier molecular flexibility index (Phi) is 7.68. The quantitative estimate of drug-likeness (QED) is 0.310. The van der Waals surface area contributed by atoms with Crippen LogP contribution in [-0.4, -0.2) is 29.1 Å². The number of nitrogens with one attached hydrogen (secondary N) is 2. The molecule has 8 heteroatoms. The standard InChI is InChI=1S/C21H21N5O2.ClH/c1-28-20(27)13-4-14-2-9-17(10-3-14)24-19-12-11-18(25-26-19)15-5-7-16(8-6-15)21(22)23;/h2-3,5-12H,4,13H2,1H3,(H3,22,23)(H,24,26);1H. The number of amidine groups is 1. The first-order valence-corrected chi connectivity index (χ1v) is 8.76. The van der Waals surface area contributed by atoms with Crippen molar-refractivity contribution in [3.8, 4) is 11.3 Å². The van der Waals surface area contributed by atoms with Crippen LogP contribution in [0.25, 0.3) is 11.3 Å². The molecule has 150 valence electrons. The van der Waals surface area contributed by atoms with E-state index in [4.69, 9.17) is 11.1 Å². The Labute approximate surface area is 175 Å². The number of hydrogen-bond acceptors (Lipinski definition) is 6. The smallest absolute Gasteiger partial charge is 0.305 e. The van der Waals surface area contributed by atoms with Crippen molar-refractivity contribution in [1.29, 1.82) is 5.41 Å². The lowest BCUT2D eigenvalue weighted by Crippen LogP contribution is -2.10. The minimum absolute atomic E-state index is 0. The van der Waals surface area contributed by atoms with Gasteiger partial charge >= 0.3 is 5.97 Å². The van der Waals surface area contributed by atoms with Crippen molar-refractivity contribution in [2.75, 3.05) is 12.4 Å². The number of carbonyl (C=O) groups excluding carboxylic acids is 1. The molecule has 3 rings (SSSR count). The highest BCUT2D eigenvalue weighted by Crippen LogP contribution is 2.20. The van der Waals surface area contributed by atoms with Gasteiger partial charge in [0.2, 0.25) is 0 Å². The lowest BCUT2D eigenvalue weighted by molar-refractivity contribution is -0.140. The fourth-order valence-corrected chi connectivity index (χ4v) is 2.62. The molecule has 0 aliphatic carbocycles. The number of carbonyl (C=O) groups is 1. The van der Waals surface area contributed by atoms with Crippen molar-refractivity contribution < 1.29 is 9.53 Å². The van der Waals surface area contributed by atoms with Crippen LogP contribution < -0.4 is 11.1 Å². The van der Waals surface area contributed by atoms with Crippen molar-refractivity contribution in [3.63, 3.8) is 0 Å². The van der Waals surface area contributed by atoms with Gasteiger partial charge in [-0.05, 0) is 36.2 Å². The zero-order valence-electron chi connectivity index (χ0n) is 15.9. The molecule has 4 N–H and O–H groups in total. The summed E-state index contributed by atoms with van der Waals surface area (Å²) in [6.07, 6.45) is 1.01. The number of methoxy groups -OCH3 is 1. The van der Waals surface area contributed by atoms with Crippen LogP contribution in [0.3, 0.4) is 0 Å². The number of rotatable bonds is 7. The average molecular weight is 412 g/mol. The van der Waals surface area contributed by atoms with Gasteiger partial charge in [-0.2, -0.15) is 0 Å². The molecule has 0 spiro atoms. The third-order valence-electron chi connectivity index (χ3n) is 4.23. The summed E-state index contributed by atoms with van der Waals surface area (Å²) in [5.74, 6) is 0.452. The topological polar surface area (TPSA) is 114 Å². The molecule has 0 amide bonds. The first-order valence-electron chi connectivity index (χ1n) is 8.76. The first kappa shape index (κ1) is 21.8. The van der Waals surface area contributed by atoms with Gasteiger partial charge in [0.1, 0.15) is 5.84 Å². The first-order chi connectivity index (χ1) is 13.5. The summed E-state index contributed by atoms with van der Waals surface area (Å²) < 4.78 is 4.65. The summed E-state index contributed by atoms with van der Waals surface area (Å²) in [5, 5.41) is 19.1. The minimum atomic E-state index is -0.214. The van der Waals surface area contributed by atoms with E-state index in [1.54, 1.807) is 12.1 Å². The molecule has 0 saturated carbocycles. The Bertz CT molecular complexity index is 958. The number of anilines is 2. The maximum atomic E-state index is 11.2. The van der Waals surface area contributed by atoms with Gasteiger partial charge in [-0.3, -0.25) is 10.2 Å². The summed E-state index contributed by atoms with van der Waals surface area (Å²) >= 11 is 0. The molecule has 29 heavy (non-hydrogen) atoms. The van der Waals surface area contributed by atoms with Gasteiger partial charge in [0.25, 0.3) is 0 Å². The van der Waals surface area contributed by atoms with E-state index in [2.05, 4.69) is 20.3 Å². The second-order valence-electron chi connectivity index (χ2n) is 6.19. The van der Waals surface area contributed by atoms with Crippen molar-refractivity contribution >= 4 is 35.7 Å². The van der Waals surface area contributed by atoms with Crippen LogP contribution in [0.2, 0.25) is 0 Å². The predicted molar refractivity (Wildman–Crippen MR) is 116 cm³/mol. The highest BCUT2D eigenvalue weighted by Gasteiger charge is 2.04. The Hall–Kier alpha value is -3.45. The van der Waals surface area contributed by atoms with Gasteiger partial charge in [-0.25, -0.2) is 0 Å². The van der Waals surface area contributed by atoms with Crippen molar-refractivity contribution in [2.45, 2.75) is 12.8 Å². The maximum Gasteiger partial charge on any atom is 0.305 e. The minimum Gasteiger partial charge on any atom is -0.469 e. The van der Waals surface area contributed by atoms with Crippen molar-refractivity contribution in [2.24, 2.45) is 5.73 Å². The van der Waals surface area contributed by atoms with E-state index in [0.29, 0.717) is 24.2 Å². The molecule has 1 heterocycles. The Morgan fingerprint density at radius 2 is 1.72 bits per heavy atom. The number of aromatic nitrogens is 2. The van der Waals surface area contributed by atoms with Gasteiger partial charge < -0.3 is 15.8 Å². The van der Waals surface area contributed by atoms with E-state index in [0.717, 1.165) is 22.5 Å².